The Hall–Kier alpha value is -1.07. The monoisotopic (exact) mass is 293 g/mol. The molecule has 0 spiro atoms. The second kappa shape index (κ2) is 7.09. The normalized spacial score (nSPS) is 21.6. The average molecular weight is 293 g/mol. The van der Waals surface area contributed by atoms with E-state index in [1.807, 2.05) is 0 Å². The largest absolute Gasteiger partial charge is 0.391 e. The minimum absolute atomic E-state index is 0.101. The molecule has 2 unspecified atom stereocenters. The van der Waals surface area contributed by atoms with Gasteiger partial charge in [0.2, 0.25) is 11.8 Å². The lowest BCUT2D eigenvalue weighted by Gasteiger charge is -2.18. The maximum Gasteiger partial charge on any atom is 0.391 e. The number of carbonyl (C=O) groups is 2. The molecule has 20 heavy (non-hydrogen) atoms. The van der Waals surface area contributed by atoms with Gasteiger partial charge in [0.05, 0.1) is 5.92 Å². The van der Waals surface area contributed by atoms with Crippen LogP contribution >= 0.6 is 0 Å². The molecule has 1 heterocycles. The van der Waals surface area contributed by atoms with E-state index in [9.17, 15) is 22.8 Å². The van der Waals surface area contributed by atoms with Crippen LogP contribution in [0, 0.1) is 11.8 Å². The molecule has 1 rings (SSSR count). The Bertz CT molecular complexity index is 355. The van der Waals surface area contributed by atoms with E-state index in [0.717, 1.165) is 0 Å². The number of imide groups is 1. The van der Waals surface area contributed by atoms with Gasteiger partial charge in [0, 0.05) is 18.9 Å². The van der Waals surface area contributed by atoms with Crippen molar-refractivity contribution in [2.75, 3.05) is 6.54 Å². The van der Waals surface area contributed by atoms with Crippen LogP contribution in [0.4, 0.5) is 13.2 Å². The van der Waals surface area contributed by atoms with Crippen LogP contribution < -0.4 is 0 Å². The summed E-state index contributed by atoms with van der Waals surface area (Å²) in [5, 5.41) is 0. The fraction of sp³-hybridized carbons (Fsp3) is 0.857. The summed E-state index contributed by atoms with van der Waals surface area (Å²) in [5.74, 6) is -1.81. The Labute approximate surface area is 117 Å². The van der Waals surface area contributed by atoms with Crippen molar-refractivity contribution in [2.45, 2.75) is 58.5 Å². The molecule has 3 nitrogen and oxygen atoms in total. The number of likely N-dealkylation sites (tertiary alicyclic amines) is 1. The molecule has 1 aliphatic rings. The highest BCUT2D eigenvalue weighted by Gasteiger charge is 2.37. The Morgan fingerprint density at radius 2 is 1.90 bits per heavy atom. The average Bonchev–Trinajstić information content (AvgIpc) is 2.58. The molecular weight excluding hydrogens is 271 g/mol. The molecule has 116 valence electrons. The molecule has 0 aromatic carbocycles. The molecule has 0 aliphatic carbocycles. The van der Waals surface area contributed by atoms with Crippen molar-refractivity contribution in [1.29, 1.82) is 0 Å². The Balaban J connectivity index is 2.23. The summed E-state index contributed by atoms with van der Waals surface area (Å²) >= 11 is 0. The first kappa shape index (κ1) is 17.0. The van der Waals surface area contributed by atoms with Crippen LogP contribution in [0.25, 0.3) is 0 Å². The van der Waals surface area contributed by atoms with E-state index in [0.29, 0.717) is 25.8 Å². The summed E-state index contributed by atoms with van der Waals surface area (Å²) in [5.41, 5.74) is 0. The van der Waals surface area contributed by atoms with Gasteiger partial charge in [-0.25, -0.2) is 0 Å². The third-order valence-electron chi connectivity index (χ3n) is 3.86. The van der Waals surface area contributed by atoms with E-state index in [1.54, 1.807) is 13.8 Å². The first-order chi connectivity index (χ1) is 9.27. The van der Waals surface area contributed by atoms with Crippen molar-refractivity contribution >= 4 is 11.8 Å². The van der Waals surface area contributed by atoms with Gasteiger partial charge in [-0.15, -0.1) is 0 Å². The minimum Gasteiger partial charge on any atom is -0.282 e. The zero-order valence-corrected chi connectivity index (χ0v) is 12.0. The topological polar surface area (TPSA) is 37.4 Å². The number of rotatable bonds is 7. The number of hydrogen-bond donors (Lipinski definition) is 0. The van der Waals surface area contributed by atoms with Crippen molar-refractivity contribution in [3.63, 3.8) is 0 Å². The third-order valence-corrected chi connectivity index (χ3v) is 3.86. The zero-order chi connectivity index (χ0) is 15.3. The SMILES string of the molecule is CCC(CCCCCN1C(=O)CC(C)C1=O)C(F)(F)F. The van der Waals surface area contributed by atoms with Gasteiger partial charge in [0.15, 0.2) is 0 Å². The zero-order valence-electron chi connectivity index (χ0n) is 12.0. The van der Waals surface area contributed by atoms with Crippen LogP contribution in [-0.4, -0.2) is 29.4 Å². The summed E-state index contributed by atoms with van der Waals surface area (Å²) < 4.78 is 37.6. The highest BCUT2D eigenvalue weighted by Crippen LogP contribution is 2.32. The molecule has 6 heteroatoms. The fourth-order valence-electron chi connectivity index (χ4n) is 2.52. The molecule has 0 saturated carbocycles. The van der Waals surface area contributed by atoms with Gasteiger partial charge in [0.25, 0.3) is 0 Å². The molecule has 0 aromatic rings. The Morgan fingerprint density at radius 1 is 1.25 bits per heavy atom. The molecule has 0 N–H and O–H groups in total. The summed E-state index contributed by atoms with van der Waals surface area (Å²) in [6.07, 6.45) is -1.97. The van der Waals surface area contributed by atoms with Crippen LogP contribution in [-0.2, 0) is 9.59 Å². The lowest BCUT2D eigenvalue weighted by molar-refractivity contribution is -0.177. The molecule has 1 aliphatic heterocycles. The molecule has 0 radical (unpaired) electrons. The third kappa shape index (κ3) is 4.49. The number of amides is 2. The van der Waals surface area contributed by atoms with Crippen LogP contribution in [0.15, 0.2) is 0 Å². The second-order valence-corrected chi connectivity index (χ2v) is 5.48. The van der Waals surface area contributed by atoms with Crippen molar-refractivity contribution in [1.82, 2.24) is 4.90 Å². The van der Waals surface area contributed by atoms with Gasteiger partial charge in [-0.1, -0.05) is 26.7 Å². The number of alkyl halides is 3. The summed E-state index contributed by atoms with van der Waals surface area (Å²) in [4.78, 5) is 24.4. The Kier molecular flexibility index (Phi) is 6.02. The lowest BCUT2D eigenvalue weighted by Crippen LogP contribution is -2.31. The highest BCUT2D eigenvalue weighted by atomic mass is 19.4. The number of carbonyl (C=O) groups excluding carboxylic acids is 2. The van der Waals surface area contributed by atoms with Gasteiger partial charge in [-0.05, 0) is 19.3 Å². The molecule has 0 bridgehead atoms. The van der Waals surface area contributed by atoms with E-state index in [1.165, 1.54) is 4.90 Å². The summed E-state index contributed by atoms with van der Waals surface area (Å²) in [6.45, 7) is 3.60. The smallest absolute Gasteiger partial charge is 0.282 e. The van der Waals surface area contributed by atoms with Gasteiger partial charge >= 0.3 is 6.18 Å². The molecule has 1 saturated heterocycles. The quantitative estimate of drug-likeness (QED) is 0.532. The van der Waals surface area contributed by atoms with E-state index < -0.39 is 12.1 Å². The maximum atomic E-state index is 12.5. The number of unbranched alkanes of at least 4 members (excludes halogenated alkanes) is 2. The molecule has 0 aromatic heterocycles. The van der Waals surface area contributed by atoms with Gasteiger partial charge in [0.1, 0.15) is 0 Å². The number of hydrogen-bond acceptors (Lipinski definition) is 2. The molecule has 1 fully saturated rings. The van der Waals surface area contributed by atoms with Crippen molar-refractivity contribution < 1.29 is 22.8 Å². The fourth-order valence-corrected chi connectivity index (χ4v) is 2.52. The minimum atomic E-state index is -4.12. The van der Waals surface area contributed by atoms with Crippen LogP contribution in [0.2, 0.25) is 0 Å². The van der Waals surface area contributed by atoms with Gasteiger partial charge in [-0.2, -0.15) is 13.2 Å². The van der Waals surface area contributed by atoms with Crippen LogP contribution in [0.1, 0.15) is 52.4 Å². The van der Waals surface area contributed by atoms with Crippen molar-refractivity contribution in [3.8, 4) is 0 Å². The van der Waals surface area contributed by atoms with E-state index in [-0.39, 0.29) is 37.0 Å². The van der Waals surface area contributed by atoms with Crippen molar-refractivity contribution in [3.05, 3.63) is 0 Å². The second-order valence-electron chi connectivity index (χ2n) is 5.48. The highest BCUT2D eigenvalue weighted by molar-refractivity contribution is 6.03. The van der Waals surface area contributed by atoms with Crippen LogP contribution in [0.3, 0.4) is 0 Å². The number of halogens is 3. The van der Waals surface area contributed by atoms with E-state index in [2.05, 4.69) is 0 Å². The summed E-state index contributed by atoms with van der Waals surface area (Å²) in [7, 11) is 0. The molecule has 2 atom stereocenters. The molecular formula is C14H22F3NO2. The number of nitrogens with zero attached hydrogens (tertiary/aromatic N) is 1. The Morgan fingerprint density at radius 3 is 2.35 bits per heavy atom. The van der Waals surface area contributed by atoms with Crippen molar-refractivity contribution in [2.24, 2.45) is 11.8 Å². The van der Waals surface area contributed by atoms with Gasteiger partial charge in [-0.3, -0.25) is 14.5 Å². The maximum absolute atomic E-state index is 12.5. The van der Waals surface area contributed by atoms with E-state index in [4.69, 9.17) is 0 Å². The lowest BCUT2D eigenvalue weighted by atomic mass is 9.98. The predicted octanol–water partition coefficient (Wildman–Crippen LogP) is 3.53. The summed E-state index contributed by atoms with van der Waals surface area (Å²) in [6, 6.07) is 0. The van der Waals surface area contributed by atoms with Crippen LogP contribution in [0.5, 0.6) is 0 Å². The first-order valence-corrected chi connectivity index (χ1v) is 7.18. The molecule has 2 amide bonds. The predicted molar refractivity (Wildman–Crippen MR) is 68.8 cm³/mol. The van der Waals surface area contributed by atoms with Gasteiger partial charge < -0.3 is 0 Å². The standard InChI is InChI=1S/C14H22F3NO2/c1-3-11(14(15,16)17)7-5-4-6-8-18-12(19)9-10(2)13(18)20/h10-11H,3-9H2,1-2H3. The van der Waals surface area contributed by atoms with E-state index >= 15 is 0 Å². The first-order valence-electron chi connectivity index (χ1n) is 7.18.